The number of ether oxygens (including phenoxy) is 1. The van der Waals surface area contributed by atoms with Crippen molar-refractivity contribution in [2.75, 3.05) is 24.6 Å². The van der Waals surface area contributed by atoms with E-state index in [-0.39, 0.29) is 18.6 Å². The first-order chi connectivity index (χ1) is 14.7. The monoisotopic (exact) mass is 426 g/mol. The number of anilines is 1. The average molecular weight is 426 g/mol. The first-order valence-electron chi connectivity index (χ1n) is 10.4. The van der Waals surface area contributed by atoms with Gasteiger partial charge in [-0.1, -0.05) is 20.4 Å². The molecule has 31 heavy (non-hydrogen) atoms. The van der Waals surface area contributed by atoms with Gasteiger partial charge in [0.1, 0.15) is 17.2 Å². The van der Waals surface area contributed by atoms with E-state index >= 15 is 0 Å². The van der Waals surface area contributed by atoms with E-state index in [0.29, 0.717) is 29.2 Å². The number of aromatic nitrogens is 3. The summed E-state index contributed by atoms with van der Waals surface area (Å²) in [7, 11) is 0. The maximum Gasteiger partial charge on any atom is 0.256 e. The fourth-order valence-corrected chi connectivity index (χ4v) is 3.82. The number of hydrogen-bond donors (Lipinski definition) is 1. The first-order valence-corrected chi connectivity index (χ1v) is 10.4. The minimum atomic E-state index is -0.418. The Morgan fingerprint density at radius 2 is 2.29 bits per heavy atom. The number of carbonyl (C=O) groups is 1. The third kappa shape index (κ3) is 4.30. The van der Waals surface area contributed by atoms with Gasteiger partial charge in [0.05, 0.1) is 25.0 Å². The average Bonchev–Trinajstić information content (AvgIpc) is 3.37. The minimum Gasteiger partial charge on any atom is -0.477 e. The van der Waals surface area contributed by atoms with E-state index in [4.69, 9.17) is 9.72 Å². The minimum absolute atomic E-state index is 0.0896. The van der Waals surface area contributed by atoms with Crippen LogP contribution in [-0.4, -0.2) is 52.1 Å². The van der Waals surface area contributed by atoms with Crippen LogP contribution < -0.4 is 10.2 Å². The summed E-state index contributed by atoms with van der Waals surface area (Å²) in [5.41, 5.74) is 1.22. The Morgan fingerprint density at radius 3 is 3.06 bits per heavy atom. The van der Waals surface area contributed by atoms with Crippen molar-refractivity contribution in [2.24, 2.45) is 10.4 Å². The molecule has 2 aliphatic heterocycles. The summed E-state index contributed by atoms with van der Waals surface area (Å²) in [6.07, 6.45) is 6.26. The van der Waals surface area contributed by atoms with Crippen molar-refractivity contribution in [1.29, 1.82) is 0 Å². The number of carbonyl (C=O) groups excluding carboxylic acids is 1. The summed E-state index contributed by atoms with van der Waals surface area (Å²) in [5.74, 6) is 0.367. The quantitative estimate of drug-likeness (QED) is 0.757. The van der Waals surface area contributed by atoms with Gasteiger partial charge in [0, 0.05) is 30.3 Å². The zero-order chi connectivity index (χ0) is 22.2. The van der Waals surface area contributed by atoms with Crippen LogP contribution in [0.25, 0.3) is 5.65 Å². The van der Waals surface area contributed by atoms with Gasteiger partial charge in [0.15, 0.2) is 5.65 Å². The highest BCUT2D eigenvalue weighted by molar-refractivity contribution is 6.00. The number of fused-ring (bicyclic) bond motifs is 3. The molecule has 0 unspecified atom stereocenters. The highest BCUT2D eigenvalue weighted by atomic mass is 19.1. The van der Waals surface area contributed by atoms with Crippen LogP contribution in [-0.2, 0) is 4.74 Å². The van der Waals surface area contributed by atoms with Gasteiger partial charge in [-0.2, -0.15) is 5.10 Å². The molecule has 9 heteroatoms. The molecule has 0 saturated carbocycles. The van der Waals surface area contributed by atoms with Gasteiger partial charge in [0.25, 0.3) is 5.91 Å². The summed E-state index contributed by atoms with van der Waals surface area (Å²) < 4.78 is 21.0. The van der Waals surface area contributed by atoms with Crippen molar-refractivity contribution in [3.63, 3.8) is 0 Å². The summed E-state index contributed by atoms with van der Waals surface area (Å²) in [6.45, 7) is 11.0. The summed E-state index contributed by atoms with van der Waals surface area (Å²) in [5, 5.41) is 7.21. The summed E-state index contributed by atoms with van der Waals surface area (Å²) in [4.78, 5) is 23.9. The van der Waals surface area contributed by atoms with E-state index < -0.39 is 11.2 Å². The highest BCUT2D eigenvalue weighted by Gasteiger charge is 2.32. The number of nitrogens with zero attached hydrogens (tertiary/aromatic N) is 5. The second-order valence-electron chi connectivity index (χ2n) is 8.77. The first kappa shape index (κ1) is 21.0. The lowest BCUT2D eigenvalue weighted by Crippen LogP contribution is -2.39. The van der Waals surface area contributed by atoms with E-state index in [1.54, 1.807) is 10.7 Å². The third-order valence-corrected chi connectivity index (χ3v) is 5.51. The maximum atomic E-state index is 13.4. The Labute approximate surface area is 180 Å². The van der Waals surface area contributed by atoms with Gasteiger partial charge in [-0.15, -0.1) is 0 Å². The topological polar surface area (TPSA) is 84.1 Å². The Hall–Kier alpha value is -3.23. The molecule has 8 nitrogen and oxygen atoms in total. The molecule has 2 bridgehead atoms. The number of rotatable bonds is 1. The second kappa shape index (κ2) is 8.13. The number of allylic oxidation sites excluding steroid dienone is 1. The molecule has 2 aromatic heterocycles. The largest absolute Gasteiger partial charge is 0.477 e. The van der Waals surface area contributed by atoms with Crippen LogP contribution in [0.4, 0.5) is 10.2 Å². The third-order valence-electron chi connectivity index (χ3n) is 5.51. The van der Waals surface area contributed by atoms with Gasteiger partial charge in [-0.25, -0.2) is 18.9 Å². The molecule has 2 aliphatic rings. The molecule has 0 radical (unpaired) electrons. The molecule has 0 aromatic carbocycles. The van der Waals surface area contributed by atoms with Crippen LogP contribution in [0.5, 0.6) is 0 Å². The lowest BCUT2D eigenvalue weighted by molar-refractivity contribution is 0.0917. The standard InChI is InChI=1S/C22H27FN6O2/c1-14(23)10-24-21-15(2)17-6-5-8-28(17)18-7-9-29-19(27-18)16(11-26-29)20(30)25-12-22(3,4)13-31-21/h7,9-11,17H,2,5-6,8,12-13H2,1,3-4H3,(H,25,30)/b14-10+,24-21?/t17-/m1/s1. The van der Waals surface area contributed by atoms with E-state index in [2.05, 4.69) is 26.9 Å². The molecule has 164 valence electrons. The van der Waals surface area contributed by atoms with Crippen molar-refractivity contribution in [1.82, 2.24) is 19.9 Å². The fourth-order valence-electron chi connectivity index (χ4n) is 3.82. The summed E-state index contributed by atoms with van der Waals surface area (Å²) >= 11 is 0. The van der Waals surface area contributed by atoms with E-state index in [1.807, 2.05) is 19.9 Å². The van der Waals surface area contributed by atoms with Crippen LogP contribution in [0.2, 0.25) is 0 Å². The Bertz CT molecular complexity index is 1080. The predicted octanol–water partition coefficient (Wildman–Crippen LogP) is 3.27. The molecular weight excluding hydrogens is 399 g/mol. The molecular formula is C22H27FN6O2. The van der Waals surface area contributed by atoms with Crippen LogP contribution in [0.15, 0.2) is 47.6 Å². The molecule has 0 aliphatic carbocycles. The lowest BCUT2D eigenvalue weighted by atomic mass is 9.94. The van der Waals surface area contributed by atoms with Crippen molar-refractivity contribution >= 4 is 23.3 Å². The summed E-state index contributed by atoms with van der Waals surface area (Å²) in [6, 6.07) is 1.78. The predicted molar refractivity (Wildman–Crippen MR) is 117 cm³/mol. The molecule has 1 saturated heterocycles. The van der Waals surface area contributed by atoms with Gasteiger partial charge >= 0.3 is 0 Å². The Morgan fingerprint density at radius 1 is 1.48 bits per heavy atom. The fraction of sp³-hybridized carbons (Fsp3) is 0.455. The van der Waals surface area contributed by atoms with Crippen molar-refractivity contribution in [3.8, 4) is 0 Å². The molecule has 1 fully saturated rings. The van der Waals surface area contributed by atoms with E-state index in [1.165, 1.54) is 13.1 Å². The Kier molecular flexibility index (Phi) is 5.51. The van der Waals surface area contributed by atoms with Crippen molar-refractivity contribution < 1.29 is 13.9 Å². The number of nitrogens with one attached hydrogen (secondary N) is 1. The van der Waals surface area contributed by atoms with Gasteiger partial charge in [-0.05, 0) is 25.8 Å². The smallest absolute Gasteiger partial charge is 0.256 e. The van der Waals surface area contributed by atoms with Crippen molar-refractivity contribution in [3.05, 3.63) is 48.2 Å². The number of amides is 1. The van der Waals surface area contributed by atoms with Crippen LogP contribution in [0, 0.1) is 5.41 Å². The van der Waals surface area contributed by atoms with Crippen LogP contribution in [0.3, 0.4) is 0 Å². The Balaban J connectivity index is 1.81. The molecule has 2 aromatic rings. The number of halogens is 1. The maximum absolute atomic E-state index is 13.4. The molecule has 1 amide bonds. The van der Waals surface area contributed by atoms with E-state index in [0.717, 1.165) is 31.4 Å². The van der Waals surface area contributed by atoms with Crippen LogP contribution >= 0.6 is 0 Å². The lowest BCUT2D eigenvalue weighted by Gasteiger charge is -2.30. The zero-order valence-electron chi connectivity index (χ0n) is 18.1. The molecule has 0 spiro atoms. The van der Waals surface area contributed by atoms with Crippen LogP contribution in [0.1, 0.15) is 44.0 Å². The molecule has 1 atom stereocenters. The second-order valence-corrected chi connectivity index (χ2v) is 8.77. The molecule has 4 heterocycles. The van der Waals surface area contributed by atoms with E-state index in [9.17, 15) is 9.18 Å². The SMILES string of the molecule is C=C1C(=N/C=C(\C)F)OCC(C)(C)CNC(=O)c2cnn3ccc(nc23)N2CCC[C@H]12. The van der Waals surface area contributed by atoms with Crippen molar-refractivity contribution in [2.45, 2.75) is 39.7 Å². The highest BCUT2D eigenvalue weighted by Crippen LogP contribution is 2.30. The molecule has 4 rings (SSSR count). The molecule has 1 N–H and O–H groups in total. The number of hydrogen-bond acceptors (Lipinski definition) is 6. The normalized spacial score (nSPS) is 23.6. The van der Waals surface area contributed by atoms with Gasteiger partial charge in [0.2, 0.25) is 5.90 Å². The zero-order valence-corrected chi connectivity index (χ0v) is 18.1. The van der Waals surface area contributed by atoms with Gasteiger partial charge in [-0.3, -0.25) is 4.79 Å². The van der Waals surface area contributed by atoms with Gasteiger partial charge < -0.3 is 15.0 Å². The number of aliphatic imine (C=N–C) groups is 1.